The molecule has 9 heteroatoms. The average Bonchev–Trinajstić information content (AvgIpc) is 3.24. The molecule has 0 unspecified atom stereocenters. The number of aryl methyl sites for hydroxylation is 1. The van der Waals surface area contributed by atoms with Gasteiger partial charge < -0.3 is 15.4 Å². The van der Waals surface area contributed by atoms with Crippen LogP contribution >= 0.6 is 0 Å². The van der Waals surface area contributed by atoms with Crippen molar-refractivity contribution in [1.29, 1.82) is 0 Å². The molecule has 1 fully saturated rings. The number of hydrogen-bond donors (Lipinski definition) is 3. The molecule has 4 aromatic rings. The molecule has 3 N–H and O–H groups in total. The monoisotopic (exact) mass is 422 g/mol. The third kappa shape index (κ3) is 2.99. The highest BCUT2D eigenvalue weighted by molar-refractivity contribution is 6.05. The first-order valence-electron chi connectivity index (χ1n) is 10.2. The number of carbonyl (C=O) groups excluding carboxylic acids is 1. The molecule has 31 heavy (non-hydrogen) atoms. The normalized spacial score (nSPS) is 15.9. The van der Waals surface area contributed by atoms with Gasteiger partial charge in [-0.25, -0.2) is 14.4 Å². The lowest BCUT2D eigenvalue weighted by Crippen LogP contribution is -2.65. The fourth-order valence-electron chi connectivity index (χ4n) is 4.30. The Morgan fingerprint density at radius 1 is 1.35 bits per heavy atom. The predicted octanol–water partition coefficient (Wildman–Crippen LogP) is 3.07. The predicted molar refractivity (Wildman–Crippen MR) is 114 cm³/mol. The summed E-state index contributed by atoms with van der Waals surface area (Å²) in [7, 11) is 1.74. The number of fused-ring (bicyclic) bond motifs is 2. The minimum Gasteiger partial charge on any atom is -0.388 e. The van der Waals surface area contributed by atoms with Crippen LogP contribution in [0.3, 0.4) is 0 Å². The zero-order valence-corrected chi connectivity index (χ0v) is 17.5. The highest BCUT2D eigenvalue weighted by atomic mass is 19.1. The Bertz CT molecular complexity index is 1330. The molecule has 0 atom stereocenters. The SMILES string of the molecule is Cn1nc(-c2cnc3[nH]cc(C(=O)NC4(C(C)(C)O)CCC4)c3n2)c2ccc(F)cc21. The van der Waals surface area contributed by atoms with Crippen LogP contribution in [-0.2, 0) is 7.05 Å². The summed E-state index contributed by atoms with van der Waals surface area (Å²) in [5, 5.41) is 18.8. The fraction of sp³-hybridized carbons (Fsp3) is 0.364. The van der Waals surface area contributed by atoms with Gasteiger partial charge in [-0.2, -0.15) is 5.10 Å². The number of aromatic amines is 1. The van der Waals surface area contributed by atoms with E-state index in [9.17, 15) is 14.3 Å². The molecule has 0 spiro atoms. The molecular formula is C22H23FN6O2. The van der Waals surface area contributed by atoms with Crippen molar-refractivity contribution >= 4 is 28.0 Å². The molecule has 1 aliphatic rings. The van der Waals surface area contributed by atoms with E-state index in [0.717, 1.165) is 24.6 Å². The Labute approximate surface area is 177 Å². The lowest BCUT2D eigenvalue weighted by atomic mass is 9.66. The number of aliphatic hydroxyl groups is 1. The topological polar surface area (TPSA) is 109 Å². The maximum absolute atomic E-state index is 13.7. The van der Waals surface area contributed by atoms with E-state index in [1.807, 2.05) is 0 Å². The lowest BCUT2D eigenvalue weighted by molar-refractivity contribution is -0.0581. The van der Waals surface area contributed by atoms with Crippen molar-refractivity contribution < 1.29 is 14.3 Å². The van der Waals surface area contributed by atoms with Gasteiger partial charge in [0.05, 0.1) is 28.4 Å². The van der Waals surface area contributed by atoms with Crippen molar-refractivity contribution in [3.63, 3.8) is 0 Å². The van der Waals surface area contributed by atoms with Crippen LogP contribution in [0.4, 0.5) is 4.39 Å². The largest absolute Gasteiger partial charge is 0.388 e. The molecule has 1 saturated carbocycles. The third-order valence-electron chi connectivity index (χ3n) is 6.41. The summed E-state index contributed by atoms with van der Waals surface area (Å²) in [5.41, 5.74) is 1.25. The number of halogens is 1. The standard InChI is InChI=1S/C22H23FN6O2/c1-21(2,31)22(7-4-8-22)27-20(30)14-10-24-19-18(14)26-15(11-25-19)17-13-6-5-12(23)9-16(13)29(3)28-17/h5-6,9-11,31H,4,7-8H2,1-3H3,(H,24,25)(H,27,30). The Morgan fingerprint density at radius 2 is 2.13 bits per heavy atom. The number of aromatic nitrogens is 5. The summed E-state index contributed by atoms with van der Waals surface area (Å²) in [6, 6.07) is 4.46. The molecule has 0 radical (unpaired) electrons. The molecule has 160 valence electrons. The molecule has 1 aromatic carbocycles. The van der Waals surface area contributed by atoms with E-state index in [-0.39, 0.29) is 11.7 Å². The van der Waals surface area contributed by atoms with Crippen LogP contribution in [0.2, 0.25) is 0 Å². The van der Waals surface area contributed by atoms with E-state index >= 15 is 0 Å². The van der Waals surface area contributed by atoms with Crippen molar-refractivity contribution in [2.45, 2.75) is 44.2 Å². The molecule has 5 rings (SSSR count). The van der Waals surface area contributed by atoms with Crippen LogP contribution in [-0.4, -0.2) is 46.9 Å². The Hall–Kier alpha value is -3.33. The van der Waals surface area contributed by atoms with Gasteiger partial charge in [0, 0.05) is 18.6 Å². The van der Waals surface area contributed by atoms with Gasteiger partial charge in [-0.1, -0.05) is 0 Å². The lowest BCUT2D eigenvalue weighted by Gasteiger charge is -2.50. The summed E-state index contributed by atoms with van der Waals surface area (Å²) in [5.74, 6) is -0.655. The van der Waals surface area contributed by atoms with Crippen LogP contribution in [0.25, 0.3) is 33.5 Å². The van der Waals surface area contributed by atoms with Crippen molar-refractivity contribution in [2.24, 2.45) is 7.05 Å². The summed E-state index contributed by atoms with van der Waals surface area (Å²) in [4.78, 5) is 25.2. The van der Waals surface area contributed by atoms with Gasteiger partial charge in [0.2, 0.25) is 0 Å². The quantitative estimate of drug-likeness (QED) is 0.468. The minimum atomic E-state index is -1.04. The number of H-pyrrole nitrogens is 1. The zero-order chi connectivity index (χ0) is 22.0. The van der Waals surface area contributed by atoms with Gasteiger partial charge in [0.25, 0.3) is 5.91 Å². The number of benzene rings is 1. The van der Waals surface area contributed by atoms with Gasteiger partial charge in [-0.3, -0.25) is 9.48 Å². The van der Waals surface area contributed by atoms with Gasteiger partial charge in [-0.05, 0) is 51.3 Å². The second-order valence-electron chi connectivity index (χ2n) is 8.74. The molecule has 1 aliphatic carbocycles. The number of nitrogens with one attached hydrogen (secondary N) is 2. The van der Waals surface area contributed by atoms with Crippen LogP contribution in [0.1, 0.15) is 43.5 Å². The number of rotatable bonds is 4. The van der Waals surface area contributed by atoms with E-state index in [2.05, 4.69) is 25.4 Å². The Balaban J connectivity index is 1.56. The second kappa shape index (κ2) is 6.58. The van der Waals surface area contributed by atoms with E-state index in [0.29, 0.717) is 33.6 Å². The molecule has 0 aliphatic heterocycles. The highest BCUT2D eigenvalue weighted by Gasteiger charge is 2.49. The number of hydrogen-bond acceptors (Lipinski definition) is 5. The van der Waals surface area contributed by atoms with Crippen LogP contribution < -0.4 is 5.32 Å². The zero-order valence-electron chi connectivity index (χ0n) is 17.5. The summed E-state index contributed by atoms with van der Waals surface area (Å²) in [6.07, 6.45) is 5.55. The van der Waals surface area contributed by atoms with E-state index in [4.69, 9.17) is 0 Å². The van der Waals surface area contributed by atoms with E-state index in [1.165, 1.54) is 12.1 Å². The van der Waals surface area contributed by atoms with E-state index in [1.54, 1.807) is 44.0 Å². The third-order valence-corrected chi connectivity index (χ3v) is 6.41. The van der Waals surface area contributed by atoms with Gasteiger partial charge in [-0.15, -0.1) is 0 Å². The maximum Gasteiger partial charge on any atom is 0.255 e. The molecule has 3 heterocycles. The number of nitrogens with zero attached hydrogens (tertiary/aromatic N) is 4. The van der Waals surface area contributed by atoms with Crippen molar-refractivity contribution in [3.8, 4) is 11.4 Å². The summed E-state index contributed by atoms with van der Waals surface area (Å²) >= 11 is 0. The minimum absolute atomic E-state index is 0.313. The van der Waals surface area contributed by atoms with Gasteiger partial charge in [0.15, 0.2) is 5.65 Å². The van der Waals surface area contributed by atoms with Crippen LogP contribution in [0.15, 0.2) is 30.6 Å². The molecule has 0 bridgehead atoms. The van der Waals surface area contributed by atoms with Crippen molar-refractivity contribution in [2.75, 3.05) is 0 Å². The summed E-state index contributed by atoms with van der Waals surface area (Å²) < 4.78 is 15.2. The van der Waals surface area contributed by atoms with Crippen LogP contribution in [0.5, 0.6) is 0 Å². The maximum atomic E-state index is 13.7. The van der Waals surface area contributed by atoms with Gasteiger partial charge >= 0.3 is 0 Å². The second-order valence-corrected chi connectivity index (χ2v) is 8.74. The summed E-state index contributed by atoms with van der Waals surface area (Å²) in [6.45, 7) is 3.43. The first kappa shape index (κ1) is 19.6. The number of amides is 1. The fourth-order valence-corrected chi connectivity index (χ4v) is 4.30. The van der Waals surface area contributed by atoms with Crippen molar-refractivity contribution in [3.05, 3.63) is 42.0 Å². The van der Waals surface area contributed by atoms with Crippen LogP contribution in [0, 0.1) is 5.82 Å². The first-order chi connectivity index (χ1) is 14.7. The molecular weight excluding hydrogens is 399 g/mol. The van der Waals surface area contributed by atoms with E-state index < -0.39 is 11.1 Å². The Kier molecular flexibility index (Phi) is 4.17. The first-order valence-corrected chi connectivity index (χ1v) is 10.2. The van der Waals surface area contributed by atoms with Crippen molar-refractivity contribution in [1.82, 2.24) is 30.0 Å². The Morgan fingerprint density at radius 3 is 2.81 bits per heavy atom. The molecule has 3 aromatic heterocycles. The average molecular weight is 422 g/mol. The highest BCUT2D eigenvalue weighted by Crippen LogP contribution is 2.41. The molecule has 0 saturated heterocycles. The smallest absolute Gasteiger partial charge is 0.255 e. The van der Waals surface area contributed by atoms with Gasteiger partial charge in [0.1, 0.15) is 22.7 Å². The molecule has 1 amide bonds. The number of carbonyl (C=O) groups is 1. The molecule has 8 nitrogen and oxygen atoms in total.